The molecule has 0 aromatic heterocycles. The highest BCUT2D eigenvalue weighted by molar-refractivity contribution is 7.92. The first-order valence-electron chi connectivity index (χ1n) is 8.35. The van der Waals surface area contributed by atoms with Crippen LogP contribution in [0, 0.1) is 0 Å². The van der Waals surface area contributed by atoms with Gasteiger partial charge in [0.2, 0.25) is 0 Å². The lowest BCUT2D eigenvalue weighted by atomic mass is 9.99. The summed E-state index contributed by atoms with van der Waals surface area (Å²) in [4.78, 5) is 14.9. The molecule has 0 unspecified atom stereocenters. The van der Waals surface area contributed by atoms with Crippen molar-refractivity contribution in [2.45, 2.75) is 36.8 Å². The van der Waals surface area contributed by atoms with Crippen LogP contribution in [0.5, 0.6) is 0 Å². The van der Waals surface area contributed by atoms with E-state index < -0.39 is 15.1 Å². The molecule has 26 heavy (non-hydrogen) atoms. The van der Waals surface area contributed by atoms with Crippen LogP contribution in [0.25, 0.3) is 0 Å². The molecule has 0 aliphatic carbocycles. The van der Waals surface area contributed by atoms with Crippen LogP contribution in [0.1, 0.15) is 36.2 Å². The molecule has 2 N–H and O–H groups in total. The van der Waals surface area contributed by atoms with E-state index in [1.165, 1.54) is 12.1 Å². The second-order valence-corrected chi connectivity index (χ2v) is 9.03. The van der Waals surface area contributed by atoms with E-state index in [9.17, 15) is 13.2 Å². The van der Waals surface area contributed by atoms with E-state index in [1.807, 2.05) is 18.2 Å². The summed E-state index contributed by atoms with van der Waals surface area (Å²) in [7, 11) is -3.34. The summed E-state index contributed by atoms with van der Waals surface area (Å²) in [6, 6.07) is 11.8. The van der Waals surface area contributed by atoms with E-state index in [-0.39, 0.29) is 23.2 Å². The Morgan fingerprint density at radius 3 is 2.38 bits per heavy atom. The van der Waals surface area contributed by atoms with Crippen LogP contribution in [0.3, 0.4) is 0 Å². The molecule has 2 aromatic carbocycles. The maximum Gasteiger partial charge on any atom is 0.258 e. The largest absolute Gasteiger partial charge is 0.398 e. The Hall–Kier alpha value is -2.05. The number of benzene rings is 2. The number of carbonyl (C=O) groups excluding carboxylic acids is 1. The second-order valence-electron chi connectivity index (χ2n) is 6.52. The van der Waals surface area contributed by atoms with Gasteiger partial charge in [-0.3, -0.25) is 4.79 Å². The third kappa shape index (κ3) is 3.57. The van der Waals surface area contributed by atoms with Gasteiger partial charge >= 0.3 is 0 Å². The number of nitrogen functional groups attached to an aromatic ring is 1. The van der Waals surface area contributed by atoms with Gasteiger partial charge in [-0.25, -0.2) is 8.42 Å². The van der Waals surface area contributed by atoms with Crippen LogP contribution in [-0.4, -0.2) is 26.1 Å². The number of hydrogen-bond donors (Lipinski definition) is 1. The second kappa shape index (κ2) is 7.68. The van der Waals surface area contributed by atoms with Crippen molar-refractivity contribution < 1.29 is 13.2 Å². The molecular formula is C19H23ClN2O3S. The zero-order valence-electron chi connectivity index (χ0n) is 14.8. The monoisotopic (exact) mass is 394 g/mol. The van der Waals surface area contributed by atoms with Gasteiger partial charge in [-0.1, -0.05) is 6.07 Å². The molecule has 5 nitrogen and oxygen atoms in total. The van der Waals surface area contributed by atoms with Crippen LogP contribution in [0.4, 0.5) is 11.4 Å². The average Bonchev–Trinajstić information content (AvgIpc) is 2.61. The summed E-state index contributed by atoms with van der Waals surface area (Å²) in [5.41, 5.74) is 9.05. The van der Waals surface area contributed by atoms with Crippen LogP contribution < -0.4 is 10.6 Å². The molecule has 1 aliphatic rings. The van der Waals surface area contributed by atoms with Crippen molar-refractivity contribution in [2.24, 2.45) is 0 Å². The minimum atomic E-state index is -3.34. The number of nitrogens with two attached hydrogens (primary N) is 1. The Balaban J connectivity index is 0.00000243. The zero-order valence-corrected chi connectivity index (χ0v) is 16.4. The van der Waals surface area contributed by atoms with E-state index >= 15 is 0 Å². The number of rotatable bonds is 3. The van der Waals surface area contributed by atoms with Gasteiger partial charge < -0.3 is 10.6 Å². The van der Waals surface area contributed by atoms with Crippen molar-refractivity contribution in [3.8, 4) is 0 Å². The highest BCUT2D eigenvalue weighted by atomic mass is 35.5. The molecule has 0 bridgehead atoms. The van der Waals surface area contributed by atoms with Crippen molar-refractivity contribution in [1.82, 2.24) is 0 Å². The molecule has 0 saturated heterocycles. The molecular weight excluding hydrogens is 372 g/mol. The summed E-state index contributed by atoms with van der Waals surface area (Å²) < 4.78 is 24.4. The van der Waals surface area contributed by atoms with Crippen molar-refractivity contribution in [2.75, 3.05) is 17.2 Å². The summed E-state index contributed by atoms with van der Waals surface area (Å²) in [6.45, 7) is 3.91. The molecule has 1 amide bonds. The summed E-state index contributed by atoms with van der Waals surface area (Å²) in [6.07, 6.45) is 1.71. The van der Waals surface area contributed by atoms with Crippen molar-refractivity contribution >= 4 is 39.5 Å². The third-order valence-corrected chi connectivity index (χ3v) is 6.75. The molecule has 0 atom stereocenters. The number of nitrogens with zero attached hydrogens (tertiary/aromatic N) is 1. The molecule has 3 rings (SSSR count). The molecule has 2 aromatic rings. The number of fused-ring (bicyclic) bond motifs is 1. The van der Waals surface area contributed by atoms with Gasteiger partial charge in [0, 0.05) is 23.5 Å². The Kier molecular flexibility index (Phi) is 5.98. The first kappa shape index (κ1) is 20.3. The number of halogens is 1. The molecule has 0 radical (unpaired) electrons. The lowest BCUT2D eigenvalue weighted by molar-refractivity contribution is 0.0985. The average molecular weight is 395 g/mol. The molecule has 1 aliphatic heterocycles. The fraction of sp³-hybridized carbons (Fsp3) is 0.316. The first-order chi connectivity index (χ1) is 11.8. The van der Waals surface area contributed by atoms with Crippen molar-refractivity contribution in [3.63, 3.8) is 0 Å². The Morgan fingerprint density at radius 2 is 1.77 bits per heavy atom. The maximum absolute atomic E-state index is 12.9. The first-order valence-corrected chi connectivity index (χ1v) is 9.90. The van der Waals surface area contributed by atoms with Gasteiger partial charge in [-0.2, -0.15) is 0 Å². The fourth-order valence-electron chi connectivity index (χ4n) is 3.08. The van der Waals surface area contributed by atoms with Crippen LogP contribution in [0.2, 0.25) is 0 Å². The molecule has 0 spiro atoms. The minimum absolute atomic E-state index is 0. The van der Waals surface area contributed by atoms with E-state index in [1.54, 1.807) is 30.9 Å². The fourth-order valence-corrected chi connectivity index (χ4v) is 4.14. The number of anilines is 2. The maximum atomic E-state index is 12.9. The van der Waals surface area contributed by atoms with Crippen LogP contribution in [0.15, 0.2) is 47.4 Å². The molecule has 0 fully saturated rings. The lowest BCUT2D eigenvalue weighted by Crippen LogP contribution is -2.35. The van der Waals surface area contributed by atoms with E-state index in [4.69, 9.17) is 5.73 Å². The summed E-state index contributed by atoms with van der Waals surface area (Å²) in [5, 5.41) is -0.494. The minimum Gasteiger partial charge on any atom is -0.398 e. The predicted octanol–water partition coefficient (Wildman–Crippen LogP) is 3.47. The standard InChI is InChI=1S/C19H22N2O3S.ClH/c1-13(2)25(23,24)15-10-8-14(9-11-15)19(22)21-12-4-5-16-17(20)6-3-7-18(16)21;/h3,6-11,13H,4-5,12,20H2,1-2H3;1H. The smallest absolute Gasteiger partial charge is 0.258 e. The van der Waals surface area contributed by atoms with E-state index in [2.05, 4.69) is 0 Å². The number of amides is 1. The quantitative estimate of drug-likeness (QED) is 0.808. The van der Waals surface area contributed by atoms with Crippen LogP contribution >= 0.6 is 12.4 Å². The number of sulfone groups is 1. The molecule has 7 heteroatoms. The Bertz CT molecular complexity index is 909. The zero-order chi connectivity index (χ0) is 18.2. The SMILES string of the molecule is CC(C)S(=O)(=O)c1ccc(C(=O)N2CCCc3c(N)cccc32)cc1.Cl. The van der Waals surface area contributed by atoms with Crippen molar-refractivity contribution in [3.05, 3.63) is 53.6 Å². The number of carbonyl (C=O) groups is 1. The lowest BCUT2D eigenvalue weighted by Gasteiger charge is -2.30. The molecule has 0 saturated carbocycles. The predicted molar refractivity (Wildman–Crippen MR) is 107 cm³/mol. The highest BCUT2D eigenvalue weighted by Gasteiger charge is 2.25. The summed E-state index contributed by atoms with van der Waals surface area (Å²) >= 11 is 0. The van der Waals surface area contributed by atoms with Crippen LogP contribution in [-0.2, 0) is 16.3 Å². The van der Waals surface area contributed by atoms with Gasteiger partial charge in [0.05, 0.1) is 10.1 Å². The molecule has 1 heterocycles. The molecule has 140 valence electrons. The normalized spacial score (nSPS) is 13.9. The Morgan fingerprint density at radius 1 is 1.12 bits per heavy atom. The van der Waals surface area contributed by atoms with E-state index in [0.29, 0.717) is 17.8 Å². The number of hydrogen-bond acceptors (Lipinski definition) is 4. The Labute approximate surface area is 160 Å². The van der Waals surface area contributed by atoms with Gasteiger partial charge in [-0.05, 0) is 68.7 Å². The highest BCUT2D eigenvalue weighted by Crippen LogP contribution is 2.32. The topological polar surface area (TPSA) is 80.5 Å². The summed E-state index contributed by atoms with van der Waals surface area (Å²) in [5.74, 6) is -0.139. The van der Waals surface area contributed by atoms with Gasteiger partial charge in [0.15, 0.2) is 9.84 Å². The van der Waals surface area contributed by atoms with Crippen molar-refractivity contribution in [1.29, 1.82) is 0 Å². The van der Waals surface area contributed by atoms with Gasteiger partial charge in [0.1, 0.15) is 0 Å². The third-order valence-electron chi connectivity index (χ3n) is 4.58. The van der Waals surface area contributed by atoms with Gasteiger partial charge in [0.25, 0.3) is 5.91 Å². The van der Waals surface area contributed by atoms with Gasteiger partial charge in [-0.15, -0.1) is 12.4 Å². The van der Waals surface area contributed by atoms with E-state index in [0.717, 1.165) is 24.1 Å².